The van der Waals surface area contributed by atoms with Crippen LogP contribution < -0.4 is 9.64 Å². The van der Waals surface area contributed by atoms with Gasteiger partial charge in [-0.05, 0) is 30.3 Å². The van der Waals surface area contributed by atoms with Crippen LogP contribution >= 0.6 is 0 Å². The molecule has 1 aliphatic heterocycles. The van der Waals surface area contributed by atoms with Crippen molar-refractivity contribution in [1.82, 2.24) is 14.7 Å². The number of amides is 1. The molecule has 7 nitrogen and oxygen atoms in total. The van der Waals surface area contributed by atoms with Crippen molar-refractivity contribution >= 4 is 17.7 Å². The summed E-state index contributed by atoms with van der Waals surface area (Å²) < 4.78 is 7.27. The molecule has 0 spiro atoms. The van der Waals surface area contributed by atoms with Crippen molar-refractivity contribution < 1.29 is 9.53 Å². The summed E-state index contributed by atoms with van der Waals surface area (Å²) in [6, 6.07) is 29.6. The van der Waals surface area contributed by atoms with Gasteiger partial charge in [0.25, 0.3) is 5.91 Å². The van der Waals surface area contributed by atoms with Crippen molar-refractivity contribution in [2.75, 3.05) is 38.2 Å². The number of rotatable bonds is 6. The Kier molecular flexibility index (Phi) is 7.00. The maximum absolute atomic E-state index is 13.4. The summed E-state index contributed by atoms with van der Waals surface area (Å²) >= 11 is 0. The van der Waals surface area contributed by atoms with Gasteiger partial charge in [-0.3, -0.25) is 4.79 Å². The third kappa shape index (κ3) is 5.09. The number of ether oxygens (including phenoxy) is 1. The van der Waals surface area contributed by atoms with Gasteiger partial charge in [-0.15, -0.1) is 0 Å². The predicted octanol–water partition coefficient (Wildman–Crippen LogP) is 4.80. The topological polar surface area (TPSA) is 74.4 Å². The molecule has 0 bridgehead atoms. The molecule has 0 N–H and O–H groups in total. The molecule has 2 heterocycles. The first-order valence-corrected chi connectivity index (χ1v) is 12.2. The molecule has 4 aromatic rings. The first-order valence-electron chi connectivity index (χ1n) is 12.2. The maximum Gasteiger partial charge on any atom is 0.264 e. The molecule has 1 aliphatic rings. The minimum atomic E-state index is -0.270. The minimum absolute atomic E-state index is 0.0931. The molecule has 37 heavy (non-hydrogen) atoms. The number of hydrogen-bond acceptors (Lipinski definition) is 5. The molecule has 0 aliphatic carbocycles. The summed E-state index contributed by atoms with van der Waals surface area (Å²) in [5.74, 6) is 0.539. The number of carbonyl (C=O) groups is 1. The average molecular weight is 490 g/mol. The summed E-state index contributed by atoms with van der Waals surface area (Å²) in [6.45, 7) is 2.35. The van der Waals surface area contributed by atoms with Crippen molar-refractivity contribution in [2.24, 2.45) is 0 Å². The molecular formula is C30H27N5O2. The SMILES string of the molecule is COc1ccccc1N1CCN(C(=O)/C(C#N)=C/c2cn(-c3ccccc3)nc2-c2ccccc2)CC1. The predicted molar refractivity (Wildman–Crippen MR) is 144 cm³/mol. The number of para-hydroxylation sites is 3. The molecule has 0 atom stereocenters. The van der Waals surface area contributed by atoms with Gasteiger partial charge in [-0.1, -0.05) is 60.7 Å². The van der Waals surface area contributed by atoms with Crippen molar-refractivity contribution in [3.63, 3.8) is 0 Å². The zero-order chi connectivity index (χ0) is 25.6. The fourth-order valence-electron chi connectivity index (χ4n) is 4.54. The highest BCUT2D eigenvalue weighted by atomic mass is 16.5. The van der Waals surface area contributed by atoms with Gasteiger partial charge in [-0.2, -0.15) is 10.4 Å². The van der Waals surface area contributed by atoms with E-state index in [1.54, 1.807) is 22.8 Å². The zero-order valence-electron chi connectivity index (χ0n) is 20.6. The standard InChI is InChI=1S/C30H27N5O2/c1-37-28-15-9-8-14-27(28)33-16-18-34(19-17-33)30(36)24(21-31)20-25-22-35(26-12-6-3-7-13-26)32-29(25)23-10-4-2-5-11-23/h2-15,20,22H,16-19H2,1H3/b24-20+. The Balaban J connectivity index is 1.40. The van der Waals surface area contributed by atoms with E-state index < -0.39 is 0 Å². The molecule has 1 aromatic heterocycles. The summed E-state index contributed by atoms with van der Waals surface area (Å²) in [4.78, 5) is 17.3. The van der Waals surface area contributed by atoms with Crippen LogP contribution in [0.25, 0.3) is 23.0 Å². The van der Waals surface area contributed by atoms with Gasteiger partial charge in [0.2, 0.25) is 0 Å². The van der Waals surface area contributed by atoms with Crippen LogP contribution in [0.1, 0.15) is 5.56 Å². The summed E-state index contributed by atoms with van der Waals surface area (Å²) in [7, 11) is 1.66. The largest absolute Gasteiger partial charge is 0.495 e. The van der Waals surface area contributed by atoms with Gasteiger partial charge in [-0.25, -0.2) is 4.68 Å². The number of methoxy groups -OCH3 is 1. The molecule has 1 saturated heterocycles. The molecular weight excluding hydrogens is 462 g/mol. The molecule has 1 amide bonds. The highest BCUT2D eigenvalue weighted by Gasteiger charge is 2.25. The average Bonchev–Trinajstić information content (AvgIpc) is 3.40. The van der Waals surface area contributed by atoms with Gasteiger partial charge in [0.1, 0.15) is 17.4 Å². The van der Waals surface area contributed by atoms with Crippen LogP contribution in [-0.2, 0) is 4.79 Å². The first-order chi connectivity index (χ1) is 18.2. The van der Waals surface area contributed by atoms with E-state index in [0.717, 1.165) is 22.7 Å². The summed E-state index contributed by atoms with van der Waals surface area (Å²) in [6.07, 6.45) is 3.52. The molecule has 7 heteroatoms. The third-order valence-corrected chi connectivity index (χ3v) is 6.45. The number of piperazine rings is 1. The van der Waals surface area contributed by atoms with Crippen molar-refractivity contribution in [3.8, 4) is 28.8 Å². The highest BCUT2D eigenvalue weighted by Crippen LogP contribution is 2.29. The number of aromatic nitrogens is 2. The van der Waals surface area contributed by atoms with E-state index in [-0.39, 0.29) is 11.5 Å². The number of carbonyl (C=O) groups excluding carboxylic acids is 1. The van der Waals surface area contributed by atoms with Crippen LogP contribution in [0, 0.1) is 11.3 Å². The minimum Gasteiger partial charge on any atom is -0.495 e. The molecule has 0 saturated carbocycles. The third-order valence-electron chi connectivity index (χ3n) is 6.45. The lowest BCUT2D eigenvalue weighted by Gasteiger charge is -2.36. The molecule has 3 aromatic carbocycles. The van der Waals surface area contributed by atoms with Crippen LogP contribution in [0.15, 0.2) is 96.7 Å². The van der Waals surface area contributed by atoms with Gasteiger partial charge in [0, 0.05) is 43.5 Å². The zero-order valence-corrected chi connectivity index (χ0v) is 20.6. The van der Waals surface area contributed by atoms with Gasteiger partial charge in [0.15, 0.2) is 0 Å². The molecule has 0 radical (unpaired) electrons. The van der Waals surface area contributed by atoms with Crippen LogP contribution in [0.5, 0.6) is 5.75 Å². The Morgan fingerprint density at radius 1 is 0.919 bits per heavy atom. The Morgan fingerprint density at radius 3 is 2.24 bits per heavy atom. The van der Waals surface area contributed by atoms with E-state index in [1.807, 2.05) is 91.1 Å². The van der Waals surface area contributed by atoms with Crippen LogP contribution in [-0.4, -0.2) is 53.9 Å². The lowest BCUT2D eigenvalue weighted by Crippen LogP contribution is -2.49. The summed E-state index contributed by atoms with van der Waals surface area (Å²) in [5, 5.41) is 14.7. The second-order valence-electron chi connectivity index (χ2n) is 8.70. The van der Waals surface area contributed by atoms with E-state index in [9.17, 15) is 10.1 Å². The quantitative estimate of drug-likeness (QED) is 0.287. The monoisotopic (exact) mass is 489 g/mol. The molecule has 0 unspecified atom stereocenters. The Labute approximate surface area is 216 Å². The molecule has 5 rings (SSSR count). The van der Waals surface area contributed by atoms with Crippen molar-refractivity contribution in [3.05, 3.63) is 102 Å². The van der Waals surface area contributed by atoms with E-state index >= 15 is 0 Å². The fourth-order valence-corrected chi connectivity index (χ4v) is 4.54. The second kappa shape index (κ2) is 10.8. The Hall–Kier alpha value is -4.83. The number of nitrogens with zero attached hydrogens (tertiary/aromatic N) is 5. The number of benzene rings is 3. The first kappa shape index (κ1) is 23.9. The number of hydrogen-bond donors (Lipinski definition) is 0. The van der Waals surface area contributed by atoms with Crippen LogP contribution in [0.3, 0.4) is 0 Å². The molecule has 1 fully saturated rings. The Morgan fingerprint density at radius 2 is 1.57 bits per heavy atom. The van der Waals surface area contributed by atoms with E-state index in [1.165, 1.54) is 0 Å². The van der Waals surface area contributed by atoms with E-state index in [2.05, 4.69) is 11.0 Å². The van der Waals surface area contributed by atoms with Crippen LogP contribution in [0.4, 0.5) is 5.69 Å². The van der Waals surface area contributed by atoms with E-state index in [0.29, 0.717) is 37.4 Å². The molecule has 184 valence electrons. The van der Waals surface area contributed by atoms with Gasteiger partial charge in [0.05, 0.1) is 24.2 Å². The fraction of sp³-hybridized carbons (Fsp3) is 0.167. The maximum atomic E-state index is 13.4. The lowest BCUT2D eigenvalue weighted by atomic mass is 10.1. The normalized spacial score (nSPS) is 13.8. The summed E-state index contributed by atoms with van der Waals surface area (Å²) in [5.41, 5.74) is 4.35. The number of nitriles is 1. The van der Waals surface area contributed by atoms with Crippen molar-refractivity contribution in [1.29, 1.82) is 5.26 Å². The van der Waals surface area contributed by atoms with Crippen LogP contribution in [0.2, 0.25) is 0 Å². The van der Waals surface area contributed by atoms with Crippen molar-refractivity contribution in [2.45, 2.75) is 0 Å². The van der Waals surface area contributed by atoms with Gasteiger partial charge < -0.3 is 14.5 Å². The smallest absolute Gasteiger partial charge is 0.264 e. The number of anilines is 1. The van der Waals surface area contributed by atoms with E-state index in [4.69, 9.17) is 9.84 Å². The van der Waals surface area contributed by atoms with Gasteiger partial charge >= 0.3 is 0 Å². The second-order valence-corrected chi connectivity index (χ2v) is 8.70. The lowest BCUT2D eigenvalue weighted by molar-refractivity contribution is -0.126. The highest BCUT2D eigenvalue weighted by molar-refractivity contribution is 6.02. The Bertz CT molecular complexity index is 1450.